The van der Waals surface area contributed by atoms with Crippen LogP contribution < -0.4 is 0 Å². The minimum atomic E-state index is -0.498. The molecule has 0 unspecified atom stereocenters. The summed E-state index contributed by atoms with van der Waals surface area (Å²) in [6.45, 7) is 0.737. The van der Waals surface area contributed by atoms with E-state index in [0.29, 0.717) is 30.8 Å². The highest BCUT2D eigenvalue weighted by Gasteiger charge is 2.28. The summed E-state index contributed by atoms with van der Waals surface area (Å²) in [6, 6.07) is 5.59. The molecule has 1 aliphatic heterocycles. The van der Waals surface area contributed by atoms with Gasteiger partial charge in [0.25, 0.3) is 5.91 Å². The molecule has 114 valence electrons. The number of H-pyrrole nitrogens is 1. The lowest BCUT2D eigenvalue weighted by atomic mass is 10.0. The Kier molecular flexibility index (Phi) is 3.62. The largest absolute Gasteiger partial charge is 0.464 e. The average Bonchev–Trinajstić information content (AvgIpc) is 2.96. The minimum Gasteiger partial charge on any atom is -0.464 e. The number of rotatable bonds is 2. The molecule has 3 rings (SSSR count). The van der Waals surface area contributed by atoms with E-state index in [9.17, 15) is 14.0 Å². The standard InChI is InChI=1S/C15H14FN3O3/c1-22-15(21)13-11-5-6-19(8-12(11)17-18-13)14(20)9-3-2-4-10(16)7-9/h2-4,7H,5-6,8H2,1H3,(H,17,18). The number of hydrogen-bond acceptors (Lipinski definition) is 4. The number of ether oxygens (including phenoxy) is 1. The van der Waals surface area contributed by atoms with Crippen LogP contribution in [0.25, 0.3) is 0 Å². The maximum atomic E-state index is 13.2. The van der Waals surface area contributed by atoms with Gasteiger partial charge >= 0.3 is 5.97 Å². The number of carbonyl (C=O) groups is 2. The average molecular weight is 303 g/mol. The first-order chi connectivity index (χ1) is 10.6. The Labute approximate surface area is 125 Å². The summed E-state index contributed by atoms with van der Waals surface area (Å²) < 4.78 is 17.9. The molecule has 1 amide bonds. The number of aromatic amines is 1. The van der Waals surface area contributed by atoms with E-state index >= 15 is 0 Å². The van der Waals surface area contributed by atoms with E-state index in [-0.39, 0.29) is 11.6 Å². The van der Waals surface area contributed by atoms with Crippen LogP contribution >= 0.6 is 0 Å². The first-order valence-electron chi connectivity index (χ1n) is 6.79. The number of benzene rings is 1. The molecule has 0 aliphatic carbocycles. The van der Waals surface area contributed by atoms with Crippen molar-refractivity contribution < 1.29 is 18.7 Å². The van der Waals surface area contributed by atoms with Crippen molar-refractivity contribution in [3.8, 4) is 0 Å². The molecule has 0 bridgehead atoms. The highest BCUT2D eigenvalue weighted by Crippen LogP contribution is 2.22. The van der Waals surface area contributed by atoms with Crippen LogP contribution in [0.1, 0.15) is 32.1 Å². The lowest BCUT2D eigenvalue weighted by Gasteiger charge is -2.26. The zero-order valence-corrected chi connectivity index (χ0v) is 11.9. The van der Waals surface area contributed by atoms with Crippen molar-refractivity contribution in [1.29, 1.82) is 0 Å². The van der Waals surface area contributed by atoms with Crippen LogP contribution in [0, 0.1) is 5.82 Å². The SMILES string of the molecule is COC(=O)c1n[nH]c2c1CCN(C(=O)c1cccc(F)c1)C2. The second-order valence-corrected chi connectivity index (χ2v) is 5.01. The molecular formula is C15H14FN3O3. The molecule has 0 radical (unpaired) electrons. The number of aromatic nitrogens is 2. The van der Waals surface area contributed by atoms with Gasteiger partial charge in [-0.25, -0.2) is 9.18 Å². The van der Waals surface area contributed by atoms with E-state index in [1.807, 2.05) is 0 Å². The fourth-order valence-electron chi connectivity index (χ4n) is 2.56. The molecule has 0 saturated heterocycles. The fraction of sp³-hybridized carbons (Fsp3) is 0.267. The highest BCUT2D eigenvalue weighted by molar-refractivity contribution is 5.94. The monoisotopic (exact) mass is 303 g/mol. The zero-order chi connectivity index (χ0) is 15.7. The fourth-order valence-corrected chi connectivity index (χ4v) is 2.56. The molecule has 0 fully saturated rings. The van der Waals surface area contributed by atoms with Crippen molar-refractivity contribution in [2.75, 3.05) is 13.7 Å². The topological polar surface area (TPSA) is 75.3 Å². The lowest BCUT2D eigenvalue weighted by molar-refractivity contribution is 0.0592. The van der Waals surface area contributed by atoms with Gasteiger partial charge in [0.05, 0.1) is 19.3 Å². The van der Waals surface area contributed by atoms with Gasteiger partial charge in [0.1, 0.15) is 5.82 Å². The van der Waals surface area contributed by atoms with Crippen molar-refractivity contribution in [1.82, 2.24) is 15.1 Å². The summed E-state index contributed by atoms with van der Waals surface area (Å²) in [7, 11) is 1.30. The summed E-state index contributed by atoms with van der Waals surface area (Å²) in [4.78, 5) is 25.6. The Morgan fingerprint density at radius 1 is 1.41 bits per heavy atom. The lowest BCUT2D eigenvalue weighted by Crippen LogP contribution is -2.36. The summed E-state index contributed by atoms with van der Waals surface area (Å²) in [5, 5.41) is 6.72. The van der Waals surface area contributed by atoms with E-state index in [2.05, 4.69) is 14.9 Å². The van der Waals surface area contributed by atoms with Crippen molar-refractivity contribution in [3.05, 3.63) is 52.6 Å². The number of halogens is 1. The Bertz CT molecular complexity index is 741. The highest BCUT2D eigenvalue weighted by atomic mass is 19.1. The zero-order valence-electron chi connectivity index (χ0n) is 11.9. The number of nitrogens with one attached hydrogen (secondary N) is 1. The van der Waals surface area contributed by atoms with Crippen LogP contribution in [0.4, 0.5) is 4.39 Å². The number of methoxy groups -OCH3 is 1. The maximum absolute atomic E-state index is 13.2. The molecule has 1 N–H and O–H groups in total. The third-order valence-corrected chi connectivity index (χ3v) is 3.67. The summed E-state index contributed by atoms with van der Waals surface area (Å²) in [5.74, 6) is -1.19. The van der Waals surface area contributed by atoms with Crippen LogP contribution in [-0.4, -0.2) is 40.6 Å². The third-order valence-electron chi connectivity index (χ3n) is 3.67. The summed E-state index contributed by atoms with van der Waals surface area (Å²) >= 11 is 0. The summed E-state index contributed by atoms with van der Waals surface area (Å²) in [5.41, 5.74) is 2.04. The van der Waals surface area contributed by atoms with Crippen molar-refractivity contribution in [3.63, 3.8) is 0 Å². The van der Waals surface area contributed by atoms with Gasteiger partial charge in [0, 0.05) is 17.7 Å². The Hall–Kier alpha value is -2.70. The third kappa shape index (κ3) is 2.45. The second kappa shape index (κ2) is 5.59. The van der Waals surface area contributed by atoms with Gasteiger partial charge < -0.3 is 9.64 Å². The van der Waals surface area contributed by atoms with Crippen LogP contribution in [-0.2, 0) is 17.7 Å². The van der Waals surface area contributed by atoms with E-state index < -0.39 is 11.8 Å². The van der Waals surface area contributed by atoms with Crippen molar-refractivity contribution in [2.45, 2.75) is 13.0 Å². The van der Waals surface area contributed by atoms with Crippen LogP contribution in [0.2, 0.25) is 0 Å². The molecule has 22 heavy (non-hydrogen) atoms. The summed E-state index contributed by atoms with van der Waals surface area (Å²) in [6.07, 6.45) is 0.497. The molecule has 2 aromatic rings. The molecule has 1 aromatic carbocycles. The minimum absolute atomic E-state index is 0.251. The molecule has 0 atom stereocenters. The van der Waals surface area contributed by atoms with Crippen LogP contribution in [0.3, 0.4) is 0 Å². The second-order valence-electron chi connectivity index (χ2n) is 5.01. The molecule has 0 saturated carbocycles. The van der Waals surface area contributed by atoms with Crippen LogP contribution in [0.5, 0.6) is 0 Å². The van der Waals surface area contributed by atoms with Gasteiger partial charge in [-0.1, -0.05) is 6.07 Å². The number of carbonyl (C=O) groups excluding carboxylic acids is 2. The van der Waals surface area contributed by atoms with E-state index in [1.54, 1.807) is 11.0 Å². The molecule has 6 nitrogen and oxygen atoms in total. The Morgan fingerprint density at radius 3 is 2.95 bits per heavy atom. The van der Waals surface area contributed by atoms with E-state index in [1.165, 1.54) is 25.3 Å². The number of nitrogens with zero attached hydrogens (tertiary/aromatic N) is 2. The predicted octanol–water partition coefficient (Wildman–Crippen LogP) is 1.53. The predicted molar refractivity (Wildman–Crippen MR) is 74.8 cm³/mol. The van der Waals surface area contributed by atoms with Gasteiger partial charge in [0.15, 0.2) is 5.69 Å². The van der Waals surface area contributed by atoms with E-state index in [4.69, 9.17) is 0 Å². The van der Waals surface area contributed by atoms with Gasteiger partial charge in [-0.15, -0.1) is 0 Å². The molecule has 2 heterocycles. The molecule has 0 spiro atoms. The quantitative estimate of drug-likeness (QED) is 0.854. The molecule has 7 heteroatoms. The Balaban J connectivity index is 1.81. The number of hydrogen-bond donors (Lipinski definition) is 1. The normalized spacial score (nSPS) is 13.6. The molecule has 1 aliphatic rings. The smallest absolute Gasteiger partial charge is 0.358 e. The number of fused-ring (bicyclic) bond motifs is 1. The maximum Gasteiger partial charge on any atom is 0.358 e. The molecule has 1 aromatic heterocycles. The van der Waals surface area contributed by atoms with Crippen molar-refractivity contribution in [2.24, 2.45) is 0 Å². The van der Waals surface area contributed by atoms with Crippen molar-refractivity contribution >= 4 is 11.9 Å². The first kappa shape index (κ1) is 14.2. The van der Waals surface area contributed by atoms with Gasteiger partial charge in [-0.05, 0) is 24.6 Å². The Morgan fingerprint density at radius 2 is 2.23 bits per heavy atom. The van der Waals surface area contributed by atoms with Gasteiger partial charge in [-0.2, -0.15) is 5.10 Å². The number of esters is 1. The van der Waals surface area contributed by atoms with Gasteiger partial charge in [-0.3, -0.25) is 9.89 Å². The van der Waals surface area contributed by atoms with E-state index in [0.717, 1.165) is 5.56 Å². The first-order valence-corrected chi connectivity index (χ1v) is 6.79. The van der Waals surface area contributed by atoms with Gasteiger partial charge in [0.2, 0.25) is 0 Å². The number of amides is 1. The van der Waals surface area contributed by atoms with Crippen LogP contribution in [0.15, 0.2) is 24.3 Å². The molecular weight excluding hydrogens is 289 g/mol.